The van der Waals surface area contributed by atoms with Crippen LogP contribution in [0.4, 0.5) is 0 Å². The van der Waals surface area contributed by atoms with Crippen LogP contribution in [0.5, 0.6) is 0 Å². The first-order chi connectivity index (χ1) is 7.66. The SMILES string of the molecule is O=C(O)c1cncn1Cc1cccc(Br)c1. The van der Waals surface area contributed by atoms with E-state index in [4.69, 9.17) is 5.11 Å². The molecule has 0 spiro atoms. The van der Waals surface area contributed by atoms with Gasteiger partial charge in [-0.3, -0.25) is 0 Å². The van der Waals surface area contributed by atoms with E-state index in [2.05, 4.69) is 20.9 Å². The van der Waals surface area contributed by atoms with E-state index in [0.717, 1.165) is 10.0 Å². The maximum absolute atomic E-state index is 10.9. The number of imidazole rings is 1. The van der Waals surface area contributed by atoms with Gasteiger partial charge in [-0.15, -0.1) is 0 Å². The number of hydrogen-bond acceptors (Lipinski definition) is 2. The summed E-state index contributed by atoms with van der Waals surface area (Å²) >= 11 is 3.37. The van der Waals surface area contributed by atoms with Crippen molar-refractivity contribution in [1.29, 1.82) is 0 Å². The first-order valence-corrected chi connectivity index (χ1v) is 5.44. The molecule has 0 fully saturated rings. The molecular formula is C11H9BrN2O2. The molecule has 1 aromatic carbocycles. The van der Waals surface area contributed by atoms with Crippen LogP contribution in [-0.4, -0.2) is 20.6 Å². The molecule has 0 aliphatic carbocycles. The molecule has 82 valence electrons. The molecule has 0 radical (unpaired) electrons. The summed E-state index contributed by atoms with van der Waals surface area (Å²) in [6.45, 7) is 0.501. The summed E-state index contributed by atoms with van der Waals surface area (Å²) in [5.41, 5.74) is 1.22. The molecule has 1 N–H and O–H groups in total. The van der Waals surface area contributed by atoms with E-state index >= 15 is 0 Å². The van der Waals surface area contributed by atoms with E-state index in [1.165, 1.54) is 12.5 Å². The van der Waals surface area contributed by atoms with Crippen molar-refractivity contribution in [2.24, 2.45) is 0 Å². The smallest absolute Gasteiger partial charge is 0.354 e. The van der Waals surface area contributed by atoms with Crippen molar-refractivity contribution < 1.29 is 9.90 Å². The van der Waals surface area contributed by atoms with E-state index in [9.17, 15) is 4.79 Å². The Labute approximate surface area is 101 Å². The average Bonchev–Trinajstić information content (AvgIpc) is 2.66. The first kappa shape index (κ1) is 10.9. The van der Waals surface area contributed by atoms with Crippen LogP contribution in [0, 0.1) is 0 Å². The zero-order chi connectivity index (χ0) is 11.5. The maximum Gasteiger partial charge on any atom is 0.354 e. The lowest BCUT2D eigenvalue weighted by Gasteiger charge is -2.05. The third kappa shape index (κ3) is 2.30. The molecule has 2 aromatic rings. The second-order valence-corrected chi connectivity index (χ2v) is 4.26. The monoisotopic (exact) mass is 280 g/mol. The standard InChI is InChI=1S/C11H9BrN2O2/c12-9-3-1-2-8(4-9)6-14-7-13-5-10(14)11(15)16/h1-5,7H,6H2,(H,15,16). The minimum atomic E-state index is -0.965. The normalized spacial score (nSPS) is 10.3. The molecule has 1 heterocycles. The highest BCUT2D eigenvalue weighted by molar-refractivity contribution is 9.10. The van der Waals surface area contributed by atoms with Gasteiger partial charge in [0.2, 0.25) is 0 Å². The van der Waals surface area contributed by atoms with E-state index in [1.807, 2.05) is 24.3 Å². The zero-order valence-corrected chi connectivity index (χ0v) is 9.89. The molecule has 0 atom stereocenters. The van der Waals surface area contributed by atoms with Gasteiger partial charge in [0, 0.05) is 11.0 Å². The number of rotatable bonds is 3. The van der Waals surface area contributed by atoms with Crippen LogP contribution in [0.3, 0.4) is 0 Å². The second kappa shape index (κ2) is 4.49. The number of benzene rings is 1. The molecule has 1 aromatic heterocycles. The van der Waals surface area contributed by atoms with E-state index < -0.39 is 5.97 Å². The van der Waals surface area contributed by atoms with Gasteiger partial charge in [0.15, 0.2) is 0 Å². The predicted molar refractivity (Wildman–Crippen MR) is 62.4 cm³/mol. The minimum Gasteiger partial charge on any atom is -0.477 e. The van der Waals surface area contributed by atoms with E-state index in [-0.39, 0.29) is 5.69 Å². The van der Waals surface area contributed by atoms with Crippen molar-refractivity contribution in [2.75, 3.05) is 0 Å². The van der Waals surface area contributed by atoms with Gasteiger partial charge in [-0.05, 0) is 17.7 Å². The Hall–Kier alpha value is -1.62. The molecule has 0 amide bonds. The number of aromatic nitrogens is 2. The van der Waals surface area contributed by atoms with Crippen LogP contribution in [-0.2, 0) is 6.54 Å². The predicted octanol–water partition coefficient (Wildman–Crippen LogP) is 2.39. The molecule has 0 aliphatic rings. The van der Waals surface area contributed by atoms with Crippen LogP contribution < -0.4 is 0 Å². The fraction of sp³-hybridized carbons (Fsp3) is 0.0909. The van der Waals surface area contributed by atoms with Gasteiger partial charge in [0.25, 0.3) is 0 Å². The highest BCUT2D eigenvalue weighted by Gasteiger charge is 2.09. The van der Waals surface area contributed by atoms with Crippen LogP contribution in [0.15, 0.2) is 41.3 Å². The second-order valence-electron chi connectivity index (χ2n) is 3.34. The third-order valence-corrected chi connectivity index (χ3v) is 2.67. The van der Waals surface area contributed by atoms with Crippen molar-refractivity contribution in [3.8, 4) is 0 Å². The van der Waals surface area contributed by atoms with Crippen molar-refractivity contribution in [3.63, 3.8) is 0 Å². The lowest BCUT2D eigenvalue weighted by atomic mass is 10.2. The highest BCUT2D eigenvalue weighted by Crippen LogP contribution is 2.13. The summed E-state index contributed by atoms with van der Waals surface area (Å²) in [5.74, 6) is -0.965. The van der Waals surface area contributed by atoms with Gasteiger partial charge in [-0.2, -0.15) is 0 Å². The van der Waals surface area contributed by atoms with Crippen molar-refractivity contribution in [1.82, 2.24) is 9.55 Å². The van der Waals surface area contributed by atoms with Gasteiger partial charge in [-0.1, -0.05) is 28.1 Å². The summed E-state index contributed by atoms with van der Waals surface area (Å²) in [7, 11) is 0. The van der Waals surface area contributed by atoms with Crippen molar-refractivity contribution >= 4 is 21.9 Å². The number of hydrogen-bond donors (Lipinski definition) is 1. The van der Waals surface area contributed by atoms with Gasteiger partial charge < -0.3 is 9.67 Å². The van der Waals surface area contributed by atoms with Crippen LogP contribution >= 0.6 is 15.9 Å². The Bertz CT molecular complexity index is 522. The summed E-state index contributed by atoms with van der Waals surface area (Å²) in [6.07, 6.45) is 2.87. The Morgan fingerprint density at radius 1 is 1.50 bits per heavy atom. The molecule has 0 saturated heterocycles. The molecule has 0 unspecified atom stereocenters. The molecule has 16 heavy (non-hydrogen) atoms. The van der Waals surface area contributed by atoms with Gasteiger partial charge in [-0.25, -0.2) is 9.78 Å². The van der Waals surface area contributed by atoms with Gasteiger partial charge in [0.1, 0.15) is 5.69 Å². The average molecular weight is 281 g/mol. The van der Waals surface area contributed by atoms with Crippen LogP contribution in [0.2, 0.25) is 0 Å². The minimum absolute atomic E-state index is 0.194. The molecular weight excluding hydrogens is 272 g/mol. The number of carbonyl (C=O) groups is 1. The largest absolute Gasteiger partial charge is 0.477 e. The number of nitrogens with zero attached hydrogens (tertiary/aromatic N) is 2. The molecule has 4 nitrogen and oxygen atoms in total. The highest BCUT2D eigenvalue weighted by atomic mass is 79.9. The summed E-state index contributed by atoms with van der Waals surface area (Å²) in [4.78, 5) is 14.7. The fourth-order valence-electron chi connectivity index (χ4n) is 1.46. The zero-order valence-electron chi connectivity index (χ0n) is 8.30. The molecule has 5 heteroatoms. The Morgan fingerprint density at radius 2 is 2.31 bits per heavy atom. The Morgan fingerprint density at radius 3 is 3.00 bits per heavy atom. The maximum atomic E-state index is 10.9. The quantitative estimate of drug-likeness (QED) is 0.939. The molecule has 0 saturated carbocycles. The first-order valence-electron chi connectivity index (χ1n) is 4.64. The lowest BCUT2D eigenvalue weighted by molar-refractivity contribution is 0.0685. The van der Waals surface area contributed by atoms with E-state index in [1.54, 1.807) is 4.57 Å². The Balaban J connectivity index is 2.27. The van der Waals surface area contributed by atoms with Gasteiger partial charge >= 0.3 is 5.97 Å². The molecule has 0 bridgehead atoms. The summed E-state index contributed by atoms with van der Waals surface area (Å²) < 4.78 is 2.58. The summed E-state index contributed by atoms with van der Waals surface area (Å²) in [5, 5.41) is 8.92. The third-order valence-electron chi connectivity index (χ3n) is 2.17. The molecule has 0 aliphatic heterocycles. The van der Waals surface area contributed by atoms with Crippen molar-refractivity contribution in [3.05, 3.63) is 52.5 Å². The van der Waals surface area contributed by atoms with E-state index in [0.29, 0.717) is 6.54 Å². The van der Waals surface area contributed by atoms with Crippen LogP contribution in [0.25, 0.3) is 0 Å². The number of halogens is 1. The van der Waals surface area contributed by atoms with Gasteiger partial charge in [0.05, 0.1) is 12.5 Å². The lowest BCUT2D eigenvalue weighted by Crippen LogP contribution is -2.08. The van der Waals surface area contributed by atoms with Crippen molar-refractivity contribution in [2.45, 2.75) is 6.54 Å². The number of carboxylic acid groups (broad SMARTS) is 1. The molecule has 2 rings (SSSR count). The Kier molecular flexibility index (Phi) is 3.05. The number of aromatic carboxylic acids is 1. The number of carboxylic acids is 1. The van der Waals surface area contributed by atoms with Crippen LogP contribution in [0.1, 0.15) is 16.1 Å². The fourth-order valence-corrected chi connectivity index (χ4v) is 1.90. The summed E-state index contributed by atoms with van der Waals surface area (Å²) in [6, 6.07) is 7.73. The topological polar surface area (TPSA) is 55.1 Å².